The van der Waals surface area contributed by atoms with Crippen molar-refractivity contribution >= 4 is 29.9 Å². The lowest BCUT2D eigenvalue weighted by molar-refractivity contribution is 0.174. The van der Waals surface area contributed by atoms with Gasteiger partial charge in [0.2, 0.25) is 0 Å². The molecule has 0 amide bonds. The maximum Gasteiger partial charge on any atom is 0.191 e. The zero-order valence-corrected chi connectivity index (χ0v) is 17.8. The fraction of sp³-hybridized carbons (Fsp3) is 0.938. The van der Waals surface area contributed by atoms with Gasteiger partial charge in [0.15, 0.2) is 5.96 Å². The maximum atomic E-state index is 5.14. The number of nitrogens with zero attached hydrogens (tertiary/aromatic N) is 2. The third kappa shape index (κ3) is 11.5. The summed E-state index contributed by atoms with van der Waals surface area (Å²) >= 11 is 0. The van der Waals surface area contributed by atoms with Crippen LogP contribution in [-0.4, -0.2) is 62.3 Å². The maximum absolute atomic E-state index is 5.14. The molecule has 0 radical (unpaired) electrons. The van der Waals surface area contributed by atoms with Crippen molar-refractivity contribution in [2.24, 2.45) is 4.99 Å². The number of rotatable bonds is 10. The number of halogens is 1. The Morgan fingerprint density at radius 1 is 1.14 bits per heavy atom. The Morgan fingerprint density at radius 2 is 1.73 bits per heavy atom. The number of hydrogen-bond acceptors (Lipinski definition) is 3. The van der Waals surface area contributed by atoms with Crippen molar-refractivity contribution in [2.75, 3.05) is 33.4 Å². The van der Waals surface area contributed by atoms with Crippen molar-refractivity contribution in [1.29, 1.82) is 0 Å². The summed E-state index contributed by atoms with van der Waals surface area (Å²) < 4.78 is 5.14. The molecule has 0 aromatic rings. The molecule has 0 aromatic carbocycles. The van der Waals surface area contributed by atoms with Crippen LogP contribution in [-0.2, 0) is 4.74 Å². The second-order valence-corrected chi connectivity index (χ2v) is 6.04. The molecule has 0 rings (SSSR count). The van der Waals surface area contributed by atoms with Gasteiger partial charge in [-0.25, -0.2) is 0 Å². The van der Waals surface area contributed by atoms with E-state index in [1.54, 1.807) is 7.11 Å². The molecule has 1 atom stereocenters. The lowest BCUT2D eigenvalue weighted by Gasteiger charge is -2.30. The van der Waals surface area contributed by atoms with Crippen molar-refractivity contribution in [1.82, 2.24) is 15.5 Å². The first-order valence-corrected chi connectivity index (χ1v) is 8.21. The van der Waals surface area contributed by atoms with E-state index in [-0.39, 0.29) is 30.0 Å². The fourth-order valence-electron chi connectivity index (χ4n) is 2.40. The average molecular weight is 428 g/mol. The molecule has 1 unspecified atom stereocenters. The molecule has 134 valence electrons. The molecule has 2 N–H and O–H groups in total. The van der Waals surface area contributed by atoms with Crippen LogP contribution < -0.4 is 10.6 Å². The minimum Gasteiger partial charge on any atom is -0.383 e. The predicted octanol–water partition coefficient (Wildman–Crippen LogP) is 2.70. The van der Waals surface area contributed by atoms with E-state index >= 15 is 0 Å². The largest absolute Gasteiger partial charge is 0.383 e. The van der Waals surface area contributed by atoms with Crippen molar-refractivity contribution in [3.63, 3.8) is 0 Å². The minimum absolute atomic E-state index is 0. The first-order valence-electron chi connectivity index (χ1n) is 8.21. The molecule has 0 fully saturated rings. The summed E-state index contributed by atoms with van der Waals surface area (Å²) in [7, 11) is 1.72. The molecule has 0 saturated heterocycles. The SMILES string of the molecule is CCNC(=NCCCN(C(C)C)C(C)C)NC(C)COC.I. The summed E-state index contributed by atoms with van der Waals surface area (Å²) in [5, 5.41) is 6.63. The second-order valence-electron chi connectivity index (χ2n) is 6.04. The van der Waals surface area contributed by atoms with Gasteiger partial charge in [-0.05, 0) is 48.0 Å². The molecule has 0 bridgehead atoms. The topological polar surface area (TPSA) is 48.9 Å². The minimum atomic E-state index is 0. The van der Waals surface area contributed by atoms with Crippen LogP contribution >= 0.6 is 24.0 Å². The van der Waals surface area contributed by atoms with Crippen LogP contribution in [0.4, 0.5) is 0 Å². The van der Waals surface area contributed by atoms with Crippen molar-refractivity contribution in [2.45, 2.75) is 66.1 Å². The van der Waals surface area contributed by atoms with Crippen molar-refractivity contribution in [3.05, 3.63) is 0 Å². The summed E-state index contributed by atoms with van der Waals surface area (Å²) in [5.41, 5.74) is 0. The van der Waals surface area contributed by atoms with E-state index in [0.29, 0.717) is 18.7 Å². The number of nitrogens with one attached hydrogen (secondary N) is 2. The second kappa shape index (κ2) is 14.5. The van der Waals surface area contributed by atoms with E-state index in [1.807, 2.05) is 0 Å². The van der Waals surface area contributed by atoms with Gasteiger partial charge in [0.05, 0.1) is 6.61 Å². The number of aliphatic imine (C=N–C) groups is 1. The van der Waals surface area contributed by atoms with E-state index in [4.69, 9.17) is 4.74 Å². The van der Waals surface area contributed by atoms with E-state index in [1.165, 1.54) is 0 Å². The van der Waals surface area contributed by atoms with Gasteiger partial charge in [0, 0.05) is 44.9 Å². The molecule has 0 spiro atoms. The molecule has 5 nitrogen and oxygen atoms in total. The number of guanidine groups is 1. The number of methoxy groups -OCH3 is 1. The predicted molar refractivity (Wildman–Crippen MR) is 107 cm³/mol. The first kappa shape index (κ1) is 24.2. The Morgan fingerprint density at radius 3 is 2.18 bits per heavy atom. The van der Waals surface area contributed by atoms with Crippen LogP contribution in [0.2, 0.25) is 0 Å². The first-order chi connectivity index (χ1) is 9.92. The van der Waals surface area contributed by atoms with Crippen LogP contribution in [0.3, 0.4) is 0 Å². The van der Waals surface area contributed by atoms with Gasteiger partial charge >= 0.3 is 0 Å². The highest BCUT2D eigenvalue weighted by Crippen LogP contribution is 2.05. The van der Waals surface area contributed by atoms with Gasteiger partial charge in [-0.3, -0.25) is 9.89 Å². The third-order valence-corrected chi connectivity index (χ3v) is 3.31. The quantitative estimate of drug-likeness (QED) is 0.243. The van der Waals surface area contributed by atoms with Crippen LogP contribution in [0.25, 0.3) is 0 Å². The Kier molecular flexibility index (Phi) is 15.9. The molecule has 22 heavy (non-hydrogen) atoms. The zero-order valence-electron chi connectivity index (χ0n) is 15.5. The monoisotopic (exact) mass is 428 g/mol. The normalized spacial score (nSPS) is 13.5. The smallest absolute Gasteiger partial charge is 0.191 e. The summed E-state index contributed by atoms with van der Waals surface area (Å²) in [5.74, 6) is 0.877. The molecular formula is C16H37IN4O. The average Bonchev–Trinajstić information content (AvgIpc) is 2.37. The molecule has 0 saturated carbocycles. The molecule has 0 aromatic heterocycles. The fourth-order valence-corrected chi connectivity index (χ4v) is 2.40. The summed E-state index contributed by atoms with van der Waals surface area (Å²) in [6, 6.07) is 1.43. The molecule has 0 aliphatic heterocycles. The van der Waals surface area contributed by atoms with Crippen LogP contribution in [0, 0.1) is 0 Å². The summed E-state index contributed by atoms with van der Waals surface area (Å²) in [6.07, 6.45) is 1.07. The Hall–Kier alpha value is -0.0800. The van der Waals surface area contributed by atoms with Gasteiger partial charge in [-0.2, -0.15) is 0 Å². The highest BCUT2D eigenvalue weighted by Gasteiger charge is 2.12. The molecule has 0 heterocycles. The van der Waals surface area contributed by atoms with E-state index in [9.17, 15) is 0 Å². The number of ether oxygens (including phenoxy) is 1. The lowest BCUT2D eigenvalue weighted by Crippen LogP contribution is -2.44. The molecular weight excluding hydrogens is 391 g/mol. The number of hydrogen-bond donors (Lipinski definition) is 2. The van der Waals surface area contributed by atoms with E-state index in [2.05, 4.69) is 62.1 Å². The highest BCUT2D eigenvalue weighted by molar-refractivity contribution is 14.0. The van der Waals surface area contributed by atoms with Crippen molar-refractivity contribution in [3.8, 4) is 0 Å². The highest BCUT2D eigenvalue weighted by atomic mass is 127. The van der Waals surface area contributed by atoms with Crippen LogP contribution in [0.15, 0.2) is 4.99 Å². The summed E-state index contributed by atoms with van der Waals surface area (Å²) in [4.78, 5) is 7.14. The molecule has 0 aliphatic rings. The van der Waals surface area contributed by atoms with Crippen molar-refractivity contribution < 1.29 is 4.74 Å². The van der Waals surface area contributed by atoms with Crippen LogP contribution in [0.1, 0.15) is 48.0 Å². The van der Waals surface area contributed by atoms with Gasteiger partial charge in [0.1, 0.15) is 0 Å². The van der Waals surface area contributed by atoms with E-state index < -0.39 is 0 Å². The summed E-state index contributed by atoms with van der Waals surface area (Å²) in [6.45, 7) is 16.7. The Balaban J connectivity index is 0. The van der Waals surface area contributed by atoms with E-state index in [0.717, 1.165) is 32.0 Å². The standard InChI is InChI=1S/C16H36N4O.HI/c1-8-17-16(19-15(6)12-21-7)18-10-9-11-20(13(2)3)14(4)5;/h13-15H,8-12H2,1-7H3,(H2,17,18,19);1H. The van der Waals surface area contributed by atoms with Gasteiger partial charge < -0.3 is 15.4 Å². The molecule has 0 aliphatic carbocycles. The van der Waals surface area contributed by atoms with Gasteiger partial charge in [-0.1, -0.05) is 0 Å². The van der Waals surface area contributed by atoms with Gasteiger partial charge in [0.25, 0.3) is 0 Å². The zero-order chi connectivity index (χ0) is 16.3. The Bertz CT molecular complexity index is 277. The molecule has 6 heteroatoms. The van der Waals surface area contributed by atoms with Gasteiger partial charge in [-0.15, -0.1) is 24.0 Å². The lowest BCUT2D eigenvalue weighted by atomic mass is 10.2. The third-order valence-electron chi connectivity index (χ3n) is 3.31. The Labute approximate surface area is 154 Å². The van der Waals surface area contributed by atoms with Crippen LogP contribution in [0.5, 0.6) is 0 Å².